The highest BCUT2D eigenvalue weighted by atomic mass is 15.1. The predicted octanol–water partition coefficient (Wildman–Crippen LogP) is 5.99. The standard InChI is InChI=1S/C25H41N3/c1-8-12-21(5)17-22(6)14-16-25(28(10-3)11-4)18-23(7)13-15-24(19-26)20-27-9-2/h8,12,14-18,20H,9-11,13,19,26H2,1-7H3/b12-8-,21-17+,22-14+,23-18+,24-15+,25-16+,27-20?. The molecule has 0 heterocycles. The molecule has 0 spiro atoms. The monoisotopic (exact) mass is 383 g/mol. The van der Waals surface area contributed by atoms with Gasteiger partial charge in [0.1, 0.15) is 0 Å². The summed E-state index contributed by atoms with van der Waals surface area (Å²) in [5.74, 6) is 0. The molecule has 0 aromatic carbocycles. The van der Waals surface area contributed by atoms with Crippen molar-refractivity contribution in [2.24, 2.45) is 10.7 Å². The second kappa shape index (κ2) is 15.9. The summed E-state index contributed by atoms with van der Waals surface area (Å²) in [6.45, 7) is 18.2. The van der Waals surface area contributed by atoms with E-state index in [4.69, 9.17) is 5.73 Å². The molecule has 0 aliphatic rings. The molecule has 0 aromatic rings. The summed E-state index contributed by atoms with van der Waals surface area (Å²) in [6, 6.07) is 0. The van der Waals surface area contributed by atoms with Gasteiger partial charge in [0.2, 0.25) is 0 Å². The van der Waals surface area contributed by atoms with E-state index >= 15 is 0 Å². The van der Waals surface area contributed by atoms with Crippen molar-refractivity contribution in [2.75, 3.05) is 26.2 Å². The zero-order chi connectivity index (χ0) is 21.4. The molecule has 0 saturated heterocycles. The lowest BCUT2D eigenvalue weighted by molar-refractivity contribution is 0.394. The van der Waals surface area contributed by atoms with E-state index in [0.717, 1.165) is 31.6 Å². The third kappa shape index (κ3) is 11.6. The van der Waals surface area contributed by atoms with Crippen molar-refractivity contribution in [3.63, 3.8) is 0 Å². The van der Waals surface area contributed by atoms with Gasteiger partial charge in [-0.25, -0.2) is 0 Å². The Balaban J connectivity index is 5.61. The van der Waals surface area contributed by atoms with Crippen molar-refractivity contribution >= 4 is 6.21 Å². The van der Waals surface area contributed by atoms with E-state index in [1.165, 1.54) is 22.4 Å². The van der Waals surface area contributed by atoms with Crippen LogP contribution >= 0.6 is 0 Å². The minimum atomic E-state index is 0.523. The van der Waals surface area contributed by atoms with Gasteiger partial charge in [0.25, 0.3) is 0 Å². The number of nitrogens with zero attached hydrogens (tertiary/aromatic N) is 2. The molecule has 0 amide bonds. The van der Waals surface area contributed by atoms with Gasteiger partial charge in [-0.15, -0.1) is 0 Å². The molecule has 3 nitrogen and oxygen atoms in total. The highest BCUT2D eigenvalue weighted by Crippen LogP contribution is 2.14. The van der Waals surface area contributed by atoms with Gasteiger partial charge < -0.3 is 10.6 Å². The maximum absolute atomic E-state index is 5.82. The van der Waals surface area contributed by atoms with Gasteiger partial charge in [-0.05, 0) is 72.6 Å². The molecule has 0 bridgehead atoms. The molecule has 156 valence electrons. The van der Waals surface area contributed by atoms with Gasteiger partial charge in [-0.1, -0.05) is 47.1 Å². The van der Waals surface area contributed by atoms with Crippen LogP contribution in [0, 0.1) is 0 Å². The van der Waals surface area contributed by atoms with E-state index in [1.807, 2.05) is 20.1 Å². The Morgan fingerprint density at radius 1 is 0.964 bits per heavy atom. The minimum absolute atomic E-state index is 0.523. The summed E-state index contributed by atoms with van der Waals surface area (Å²) < 4.78 is 0. The van der Waals surface area contributed by atoms with Gasteiger partial charge in [-0.3, -0.25) is 4.99 Å². The normalized spacial score (nSPS) is 15.2. The Kier molecular flexibility index (Phi) is 14.7. The first-order valence-electron chi connectivity index (χ1n) is 10.4. The van der Waals surface area contributed by atoms with E-state index in [0.29, 0.717) is 6.54 Å². The van der Waals surface area contributed by atoms with Crippen molar-refractivity contribution in [3.05, 3.63) is 70.5 Å². The number of hydrogen-bond donors (Lipinski definition) is 1. The van der Waals surface area contributed by atoms with Crippen molar-refractivity contribution in [1.82, 2.24) is 4.90 Å². The number of likely N-dealkylation sites (N-methyl/N-ethyl adjacent to an activating group) is 1. The summed E-state index contributed by atoms with van der Waals surface area (Å²) in [7, 11) is 0. The molecular formula is C25H41N3. The molecular weight excluding hydrogens is 342 g/mol. The quantitative estimate of drug-likeness (QED) is 0.332. The average molecular weight is 384 g/mol. The van der Waals surface area contributed by atoms with Gasteiger partial charge in [0.15, 0.2) is 0 Å². The highest BCUT2D eigenvalue weighted by molar-refractivity contribution is 5.79. The third-order valence-corrected chi connectivity index (χ3v) is 4.29. The molecule has 0 rings (SSSR count). The first-order chi connectivity index (χ1) is 13.4. The number of rotatable bonds is 12. The predicted molar refractivity (Wildman–Crippen MR) is 128 cm³/mol. The average Bonchev–Trinajstić information content (AvgIpc) is 2.67. The van der Waals surface area contributed by atoms with Crippen LogP contribution in [0.25, 0.3) is 0 Å². The van der Waals surface area contributed by atoms with Crippen LogP contribution < -0.4 is 5.73 Å². The van der Waals surface area contributed by atoms with Crippen LogP contribution in [0.4, 0.5) is 0 Å². The third-order valence-electron chi connectivity index (χ3n) is 4.29. The highest BCUT2D eigenvalue weighted by Gasteiger charge is 2.03. The summed E-state index contributed by atoms with van der Waals surface area (Å²) in [5.41, 5.74) is 12.0. The fourth-order valence-electron chi connectivity index (χ4n) is 2.77. The lowest BCUT2D eigenvalue weighted by atomic mass is 10.1. The second-order valence-electron chi connectivity index (χ2n) is 6.87. The van der Waals surface area contributed by atoms with Gasteiger partial charge in [0.05, 0.1) is 0 Å². The Hall–Kier alpha value is -2.13. The van der Waals surface area contributed by atoms with Crippen LogP contribution in [0.1, 0.15) is 54.9 Å². The smallest absolute Gasteiger partial charge is 0.0365 e. The lowest BCUT2D eigenvalue weighted by Crippen LogP contribution is -2.21. The molecule has 0 aliphatic carbocycles. The molecule has 3 heteroatoms. The molecule has 0 aromatic heterocycles. The minimum Gasteiger partial charge on any atom is -0.372 e. The second-order valence-corrected chi connectivity index (χ2v) is 6.87. The number of hydrogen-bond acceptors (Lipinski definition) is 3. The zero-order valence-corrected chi connectivity index (χ0v) is 19.1. The maximum Gasteiger partial charge on any atom is 0.0365 e. The van der Waals surface area contributed by atoms with Crippen LogP contribution in [0.3, 0.4) is 0 Å². The Morgan fingerprint density at radius 2 is 1.64 bits per heavy atom. The molecule has 0 saturated carbocycles. The fraction of sp³-hybridized carbons (Fsp3) is 0.480. The van der Waals surface area contributed by atoms with Crippen molar-refractivity contribution in [3.8, 4) is 0 Å². The number of allylic oxidation sites excluding steroid dienone is 10. The summed E-state index contributed by atoms with van der Waals surface area (Å²) in [6.07, 6.45) is 18.0. The Bertz CT molecular complexity index is 651. The van der Waals surface area contributed by atoms with E-state index in [9.17, 15) is 0 Å². The van der Waals surface area contributed by atoms with Gasteiger partial charge in [-0.2, -0.15) is 0 Å². The summed E-state index contributed by atoms with van der Waals surface area (Å²) >= 11 is 0. The fourth-order valence-corrected chi connectivity index (χ4v) is 2.77. The Morgan fingerprint density at radius 3 is 2.18 bits per heavy atom. The van der Waals surface area contributed by atoms with Gasteiger partial charge >= 0.3 is 0 Å². The largest absolute Gasteiger partial charge is 0.372 e. The molecule has 2 N–H and O–H groups in total. The van der Waals surface area contributed by atoms with E-state index in [-0.39, 0.29) is 0 Å². The number of nitrogens with two attached hydrogens (primary N) is 1. The molecule has 0 aliphatic heterocycles. The molecule has 0 fully saturated rings. The molecule has 28 heavy (non-hydrogen) atoms. The van der Waals surface area contributed by atoms with Crippen LogP contribution in [0.5, 0.6) is 0 Å². The van der Waals surface area contributed by atoms with Crippen molar-refractivity contribution < 1.29 is 0 Å². The van der Waals surface area contributed by atoms with E-state index in [1.54, 1.807) is 0 Å². The van der Waals surface area contributed by atoms with Crippen LogP contribution in [0.2, 0.25) is 0 Å². The molecule has 0 unspecified atom stereocenters. The Labute approximate surface area is 173 Å². The summed E-state index contributed by atoms with van der Waals surface area (Å²) in [5, 5.41) is 0. The van der Waals surface area contributed by atoms with Gasteiger partial charge in [0, 0.05) is 38.1 Å². The maximum atomic E-state index is 5.82. The zero-order valence-electron chi connectivity index (χ0n) is 19.1. The summed E-state index contributed by atoms with van der Waals surface area (Å²) in [4.78, 5) is 6.67. The first-order valence-corrected chi connectivity index (χ1v) is 10.4. The SMILES string of the molecule is C\C=C/C(C)=C/C(C)=C/C=C(\C=C(/C)C/C=C(/C=NCC)CN)N(CC)CC. The topological polar surface area (TPSA) is 41.6 Å². The van der Waals surface area contributed by atoms with Crippen LogP contribution in [-0.4, -0.2) is 37.3 Å². The van der Waals surface area contributed by atoms with Crippen molar-refractivity contribution in [1.29, 1.82) is 0 Å². The van der Waals surface area contributed by atoms with E-state index < -0.39 is 0 Å². The first kappa shape index (κ1) is 25.9. The molecule has 0 radical (unpaired) electrons. The van der Waals surface area contributed by atoms with Crippen molar-refractivity contribution in [2.45, 2.75) is 54.9 Å². The van der Waals surface area contributed by atoms with Crippen LogP contribution in [-0.2, 0) is 0 Å². The van der Waals surface area contributed by atoms with Crippen LogP contribution in [0.15, 0.2) is 75.5 Å². The lowest BCUT2D eigenvalue weighted by Gasteiger charge is -2.22. The molecule has 0 atom stereocenters. The van der Waals surface area contributed by atoms with E-state index in [2.05, 4.69) is 87.0 Å². The number of aliphatic imine (C=N–C) groups is 1.